The zero-order chi connectivity index (χ0) is 39.6. The van der Waals surface area contributed by atoms with Gasteiger partial charge in [-0.2, -0.15) is 9.13 Å². The molecular formula is C50H67BrN2O3. The Morgan fingerprint density at radius 2 is 1.14 bits per heavy atom. The lowest BCUT2D eigenvalue weighted by atomic mass is 9.92. The van der Waals surface area contributed by atoms with Gasteiger partial charge in [-0.15, -0.1) is 0 Å². The first-order valence-corrected chi connectivity index (χ1v) is 20.9. The zero-order valence-corrected chi connectivity index (χ0v) is 37.6. The molecule has 0 saturated carbocycles. The van der Waals surface area contributed by atoms with Crippen LogP contribution < -0.4 is 35.8 Å². The van der Waals surface area contributed by atoms with Crippen LogP contribution in [0.2, 0.25) is 0 Å². The summed E-state index contributed by atoms with van der Waals surface area (Å²) in [6, 6.07) is 28.2. The van der Waals surface area contributed by atoms with Crippen LogP contribution in [0.3, 0.4) is 0 Å². The first kappa shape index (κ1) is 44.7. The van der Waals surface area contributed by atoms with E-state index in [-0.39, 0.29) is 17.0 Å². The van der Waals surface area contributed by atoms with E-state index in [1.807, 2.05) is 18.2 Å². The monoisotopic (exact) mass is 822 g/mol. The maximum absolute atomic E-state index is 6.87. The fraction of sp³-hybridized carbons (Fsp3) is 0.460. The molecule has 0 fully saturated rings. The van der Waals surface area contributed by atoms with Crippen molar-refractivity contribution in [2.45, 2.75) is 139 Å². The van der Waals surface area contributed by atoms with E-state index in [1.54, 1.807) is 0 Å². The Balaban J connectivity index is 0.00000696. The highest BCUT2D eigenvalue weighted by Gasteiger charge is 2.32. The molecule has 0 aliphatic carbocycles. The second-order valence-electron chi connectivity index (χ2n) is 16.4. The van der Waals surface area contributed by atoms with Crippen molar-refractivity contribution in [2.75, 3.05) is 13.2 Å². The van der Waals surface area contributed by atoms with Crippen molar-refractivity contribution in [2.24, 2.45) is 0 Å². The predicted octanol–water partition coefficient (Wildman–Crippen LogP) is 10.0. The number of unbranched alkanes of at least 4 members (excludes halogenated alkanes) is 3. The van der Waals surface area contributed by atoms with E-state index < -0.39 is 0 Å². The number of rotatable bonds is 19. The maximum Gasteiger partial charge on any atom is 0.333 e. The second kappa shape index (κ2) is 20.9. The average Bonchev–Trinajstić information content (AvgIpc) is 3.49. The van der Waals surface area contributed by atoms with Crippen LogP contribution in [0.1, 0.15) is 156 Å². The molecule has 0 amide bonds. The highest BCUT2D eigenvalue weighted by atomic mass is 79.9. The first-order valence-electron chi connectivity index (χ1n) is 20.9. The van der Waals surface area contributed by atoms with Gasteiger partial charge >= 0.3 is 5.88 Å². The summed E-state index contributed by atoms with van der Waals surface area (Å²) in [5.41, 5.74) is 12.6. The van der Waals surface area contributed by atoms with Crippen molar-refractivity contribution in [3.63, 3.8) is 0 Å². The smallest absolute Gasteiger partial charge is 0.333 e. The lowest BCUT2D eigenvalue weighted by Gasteiger charge is -2.18. The topological polar surface area (TPSA) is 36.5 Å². The lowest BCUT2D eigenvalue weighted by Crippen LogP contribution is -3.00. The third-order valence-corrected chi connectivity index (χ3v) is 10.8. The molecule has 0 aliphatic heterocycles. The minimum Gasteiger partial charge on any atom is -1.00 e. The number of imidazole rings is 1. The van der Waals surface area contributed by atoms with Gasteiger partial charge in [0, 0.05) is 29.2 Å². The SMILES string of the molecule is CCc1cc(OCc2ccccc2)cc(C)c1OCCCCCCOc1c(C)n(-c2c(C(C)C)cccc2C(C)C)c[n+]1-c1c(C(C)C)cccc1C(C)C.[Br-]. The summed E-state index contributed by atoms with van der Waals surface area (Å²) in [6.45, 7) is 26.8. The molecule has 5 nitrogen and oxygen atoms in total. The predicted molar refractivity (Wildman–Crippen MR) is 229 cm³/mol. The molecule has 0 radical (unpaired) electrons. The summed E-state index contributed by atoms with van der Waals surface area (Å²) in [4.78, 5) is 0. The van der Waals surface area contributed by atoms with E-state index in [9.17, 15) is 0 Å². The van der Waals surface area contributed by atoms with Crippen LogP contribution in [0.25, 0.3) is 11.4 Å². The highest BCUT2D eigenvalue weighted by molar-refractivity contribution is 5.53. The van der Waals surface area contributed by atoms with Gasteiger partial charge in [0.2, 0.25) is 0 Å². The van der Waals surface area contributed by atoms with Gasteiger partial charge in [0.1, 0.15) is 29.5 Å². The molecule has 0 atom stereocenters. The summed E-state index contributed by atoms with van der Waals surface area (Å²) in [5.74, 6) is 4.36. The van der Waals surface area contributed by atoms with Crippen LogP contribution in [-0.4, -0.2) is 17.8 Å². The molecule has 0 bridgehead atoms. The maximum atomic E-state index is 6.87. The van der Waals surface area contributed by atoms with Crippen LogP contribution in [-0.2, 0) is 13.0 Å². The molecule has 5 aromatic rings. The van der Waals surface area contributed by atoms with Gasteiger partial charge in [-0.3, -0.25) is 0 Å². The van der Waals surface area contributed by atoms with Crippen LogP contribution in [0.15, 0.2) is 85.2 Å². The minimum absolute atomic E-state index is 0. The number of aryl methyl sites for hydroxylation is 2. The third-order valence-electron chi connectivity index (χ3n) is 10.8. The number of ether oxygens (including phenoxy) is 3. The minimum atomic E-state index is 0. The summed E-state index contributed by atoms with van der Waals surface area (Å²) < 4.78 is 24.2. The van der Waals surface area contributed by atoms with Gasteiger partial charge < -0.3 is 31.2 Å². The number of nitrogens with zero attached hydrogens (tertiary/aromatic N) is 2. The fourth-order valence-electron chi connectivity index (χ4n) is 7.68. The van der Waals surface area contributed by atoms with Crippen LogP contribution in [0.5, 0.6) is 17.4 Å². The summed E-state index contributed by atoms with van der Waals surface area (Å²) >= 11 is 0. The number of benzene rings is 4. The standard InChI is InChI=1S/C50H67N2O3.BrH/c1-12-41-31-42(55-32-40-22-16-15-17-23-40)30-38(10)49(41)53-28-18-13-14-19-29-54-50-39(11)51(47-43(34(2)3)24-20-25-44(47)35(4)5)33-52(50)48-45(36(6)7)26-21-27-46(48)37(8)9;/h15-17,20-27,30-31,33-37H,12-14,18-19,28-29,32H2,1-11H3;1H/q+1;/p-1. The van der Waals surface area contributed by atoms with Crippen molar-refractivity contribution in [3.05, 3.63) is 130 Å². The Kier molecular flexibility index (Phi) is 16.7. The Hall–Kier alpha value is -4.03. The second-order valence-corrected chi connectivity index (χ2v) is 16.4. The van der Waals surface area contributed by atoms with Gasteiger partial charge in [-0.05, 0) is 91.5 Å². The Bertz CT molecular complexity index is 1940. The van der Waals surface area contributed by atoms with Crippen LogP contribution >= 0.6 is 0 Å². The molecule has 0 N–H and O–H groups in total. The van der Waals surface area contributed by atoms with E-state index in [4.69, 9.17) is 14.2 Å². The van der Waals surface area contributed by atoms with E-state index in [0.717, 1.165) is 60.7 Å². The van der Waals surface area contributed by atoms with Crippen molar-refractivity contribution in [3.8, 4) is 28.8 Å². The number of para-hydroxylation sites is 2. The molecule has 5 rings (SSSR count). The van der Waals surface area contributed by atoms with Crippen molar-refractivity contribution < 1.29 is 35.8 Å². The largest absolute Gasteiger partial charge is 1.00 e. The zero-order valence-electron chi connectivity index (χ0n) is 36.0. The number of hydrogen-bond acceptors (Lipinski definition) is 3. The molecule has 4 aromatic carbocycles. The molecule has 0 spiro atoms. The van der Waals surface area contributed by atoms with Crippen molar-refractivity contribution in [1.82, 2.24) is 4.57 Å². The van der Waals surface area contributed by atoms with Crippen LogP contribution in [0, 0.1) is 13.8 Å². The average molecular weight is 824 g/mol. The normalized spacial score (nSPS) is 11.5. The summed E-state index contributed by atoms with van der Waals surface area (Å²) in [7, 11) is 0. The van der Waals surface area contributed by atoms with Crippen molar-refractivity contribution >= 4 is 0 Å². The number of halogens is 1. The lowest BCUT2D eigenvalue weighted by molar-refractivity contribution is -0.603. The molecule has 6 heteroatoms. The van der Waals surface area contributed by atoms with E-state index >= 15 is 0 Å². The molecule has 0 unspecified atom stereocenters. The van der Waals surface area contributed by atoms with Gasteiger partial charge in [-0.1, -0.05) is 129 Å². The van der Waals surface area contributed by atoms with Crippen molar-refractivity contribution in [1.29, 1.82) is 0 Å². The van der Waals surface area contributed by atoms with Gasteiger partial charge in [0.15, 0.2) is 5.69 Å². The van der Waals surface area contributed by atoms with Crippen LogP contribution in [0.4, 0.5) is 0 Å². The number of hydrogen-bond donors (Lipinski definition) is 0. The highest BCUT2D eigenvalue weighted by Crippen LogP contribution is 2.36. The molecule has 1 aromatic heterocycles. The molecule has 0 saturated heterocycles. The molecular weight excluding hydrogens is 756 g/mol. The first-order chi connectivity index (χ1) is 26.4. The molecule has 1 heterocycles. The summed E-state index contributed by atoms with van der Waals surface area (Å²) in [5, 5.41) is 0. The molecule has 0 aliphatic rings. The molecule has 302 valence electrons. The van der Waals surface area contributed by atoms with Gasteiger partial charge in [0.25, 0.3) is 6.33 Å². The number of aromatic nitrogens is 2. The Morgan fingerprint density at radius 3 is 1.68 bits per heavy atom. The summed E-state index contributed by atoms with van der Waals surface area (Å²) in [6.07, 6.45) is 7.38. The Labute approximate surface area is 349 Å². The van der Waals surface area contributed by atoms with Gasteiger partial charge in [0.05, 0.1) is 13.2 Å². The van der Waals surface area contributed by atoms with E-state index in [2.05, 4.69) is 152 Å². The third kappa shape index (κ3) is 10.7. The van der Waals surface area contributed by atoms with Gasteiger partial charge in [-0.25, -0.2) is 0 Å². The Morgan fingerprint density at radius 1 is 0.607 bits per heavy atom. The van der Waals surface area contributed by atoms with E-state index in [0.29, 0.717) is 43.5 Å². The van der Waals surface area contributed by atoms with E-state index in [1.165, 1.54) is 44.8 Å². The quantitative estimate of drug-likeness (QED) is 0.0615. The molecule has 56 heavy (non-hydrogen) atoms. The fourth-order valence-corrected chi connectivity index (χ4v) is 7.68.